The van der Waals surface area contributed by atoms with Crippen LogP contribution in [0.25, 0.3) is 22.2 Å². The summed E-state index contributed by atoms with van der Waals surface area (Å²) < 4.78 is 10.7. The number of para-hydroxylation sites is 1. The van der Waals surface area contributed by atoms with Gasteiger partial charge in [0.15, 0.2) is 6.61 Å². The molecule has 1 fully saturated rings. The van der Waals surface area contributed by atoms with Gasteiger partial charge in [-0.25, -0.2) is 9.78 Å². The van der Waals surface area contributed by atoms with E-state index in [1.54, 1.807) is 4.90 Å². The molecule has 0 aliphatic carbocycles. The van der Waals surface area contributed by atoms with Gasteiger partial charge in [-0.1, -0.05) is 48.5 Å². The van der Waals surface area contributed by atoms with Crippen molar-refractivity contribution in [3.05, 3.63) is 65.7 Å². The number of nitrogens with zero attached hydrogens (tertiary/aromatic N) is 2. The number of pyridine rings is 1. The van der Waals surface area contributed by atoms with Crippen LogP contribution in [-0.4, -0.2) is 54.7 Å². The first-order valence-electron chi connectivity index (χ1n) is 9.62. The molecule has 1 aromatic heterocycles. The number of carbonyl (C=O) groups excluding carboxylic acids is 2. The smallest absolute Gasteiger partial charge is 0.339 e. The maximum Gasteiger partial charge on any atom is 0.339 e. The minimum atomic E-state index is -0.514. The number of hydrogen-bond acceptors (Lipinski definition) is 5. The van der Waals surface area contributed by atoms with Crippen LogP contribution in [0, 0.1) is 6.92 Å². The highest BCUT2D eigenvalue weighted by Crippen LogP contribution is 2.30. The molecule has 148 valence electrons. The first-order valence-corrected chi connectivity index (χ1v) is 9.62. The van der Waals surface area contributed by atoms with E-state index >= 15 is 0 Å². The number of carbonyl (C=O) groups is 2. The van der Waals surface area contributed by atoms with Gasteiger partial charge in [-0.15, -0.1) is 0 Å². The van der Waals surface area contributed by atoms with Crippen molar-refractivity contribution in [2.45, 2.75) is 6.92 Å². The average Bonchev–Trinajstić information content (AvgIpc) is 2.78. The fraction of sp³-hybridized carbons (Fsp3) is 0.261. The molecule has 1 saturated heterocycles. The SMILES string of the molecule is Cc1c(-c2ccccc2)nc2ccccc2c1C(=O)OCC(=O)N1CCOCC1. The summed E-state index contributed by atoms with van der Waals surface area (Å²) in [5.74, 6) is -0.721. The molecule has 1 aliphatic rings. The number of hydrogen-bond donors (Lipinski definition) is 0. The van der Waals surface area contributed by atoms with Gasteiger partial charge in [-0.3, -0.25) is 4.79 Å². The van der Waals surface area contributed by atoms with Crippen molar-refractivity contribution in [1.29, 1.82) is 0 Å². The van der Waals surface area contributed by atoms with Gasteiger partial charge in [0.25, 0.3) is 5.91 Å². The van der Waals surface area contributed by atoms with Crippen LogP contribution in [-0.2, 0) is 14.3 Å². The van der Waals surface area contributed by atoms with Crippen molar-refractivity contribution in [3.63, 3.8) is 0 Å². The molecule has 0 bridgehead atoms. The zero-order valence-corrected chi connectivity index (χ0v) is 16.3. The average molecular weight is 390 g/mol. The molecular formula is C23H22N2O4. The van der Waals surface area contributed by atoms with Gasteiger partial charge in [0.2, 0.25) is 0 Å². The number of aromatic nitrogens is 1. The predicted molar refractivity (Wildman–Crippen MR) is 110 cm³/mol. The number of rotatable bonds is 4. The molecule has 0 saturated carbocycles. The summed E-state index contributed by atoms with van der Waals surface area (Å²) in [4.78, 5) is 31.8. The van der Waals surface area contributed by atoms with E-state index in [0.29, 0.717) is 42.8 Å². The predicted octanol–water partition coefficient (Wildman–Crippen LogP) is 3.23. The van der Waals surface area contributed by atoms with Crippen molar-refractivity contribution in [2.75, 3.05) is 32.9 Å². The van der Waals surface area contributed by atoms with Crippen LogP contribution in [0.2, 0.25) is 0 Å². The first kappa shape index (κ1) is 19.1. The third-order valence-electron chi connectivity index (χ3n) is 5.08. The van der Waals surface area contributed by atoms with Crippen LogP contribution < -0.4 is 0 Å². The third-order valence-corrected chi connectivity index (χ3v) is 5.08. The third kappa shape index (κ3) is 3.98. The van der Waals surface area contributed by atoms with Crippen molar-refractivity contribution in [2.24, 2.45) is 0 Å². The van der Waals surface area contributed by atoms with Gasteiger partial charge < -0.3 is 14.4 Å². The van der Waals surface area contributed by atoms with Crippen molar-refractivity contribution in [3.8, 4) is 11.3 Å². The molecule has 0 N–H and O–H groups in total. The van der Waals surface area contributed by atoms with Gasteiger partial charge in [-0.05, 0) is 18.6 Å². The molecule has 3 aromatic rings. The van der Waals surface area contributed by atoms with E-state index in [2.05, 4.69) is 0 Å². The summed E-state index contributed by atoms with van der Waals surface area (Å²) in [6.07, 6.45) is 0. The number of amides is 1. The van der Waals surface area contributed by atoms with Gasteiger partial charge in [0.1, 0.15) is 0 Å². The van der Waals surface area contributed by atoms with E-state index in [1.807, 2.05) is 61.5 Å². The van der Waals surface area contributed by atoms with Crippen LogP contribution in [0.5, 0.6) is 0 Å². The molecule has 0 atom stereocenters. The summed E-state index contributed by atoms with van der Waals surface area (Å²) in [5, 5.41) is 0.716. The van der Waals surface area contributed by atoms with Crippen molar-refractivity contribution >= 4 is 22.8 Å². The molecular weight excluding hydrogens is 368 g/mol. The lowest BCUT2D eigenvalue weighted by molar-refractivity contribution is -0.138. The van der Waals surface area contributed by atoms with E-state index in [1.165, 1.54) is 0 Å². The Balaban J connectivity index is 1.65. The Morgan fingerprint density at radius 3 is 2.48 bits per heavy atom. The summed E-state index contributed by atoms with van der Waals surface area (Å²) in [6, 6.07) is 17.2. The topological polar surface area (TPSA) is 68.7 Å². The molecule has 0 radical (unpaired) electrons. The van der Waals surface area contributed by atoms with Crippen LogP contribution in [0.3, 0.4) is 0 Å². The first-order chi connectivity index (χ1) is 14.1. The van der Waals surface area contributed by atoms with Crippen LogP contribution >= 0.6 is 0 Å². The van der Waals surface area contributed by atoms with Crippen LogP contribution in [0.1, 0.15) is 15.9 Å². The highest BCUT2D eigenvalue weighted by molar-refractivity contribution is 6.06. The number of morpholine rings is 1. The van der Waals surface area contributed by atoms with Gasteiger partial charge in [0, 0.05) is 24.0 Å². The Labute approximate surface area is 169 Å². The van der Waals surface area contributed by atoms with E-state index < -0.39 is 5.97 Å². The van der Waals surface area contributed by atoms with E-state index in [4.69, 9.17) is 14.5 Å². The standard InChI is InChI=1S/C23H22N2O4/c1-16-21(23(27)29-15-20(26)25-11-13-28-14-12-25)18-9-5-6-10-19(18)24-22(16)17-7-3-2-4-8-17/h2-10H,11-15H2,1H3. The summed E-state index contributed by atoms with van der Waals surface area (Å²) >= 11 is 0. The van der Waals surface area contributed by atoms with Crippen LogP contribution in [0.4, 0.5) is 0 Å². The lowest BCUT2D eigenvalue weighted by Gasteiger charge is -2.26. The molecule has 1 amide bonds. The Hall–Kier alpha value is -3.25. The summed E-state index contributed by atoms with van der Waals surface area (Å²) in [6.45, 7) is 3.64. The lowest BCUT2D eigenvalue weighted by atomic mass is 9.98. The number of ether oxygens (including phenoxy) is 2. The monoisotopic (exact) mass is 390 g/mol. The molecule has 1 aliphatic heterocycles. The number of esters is 1. The second-order valence-electron chi connectivity index (χ2n) is 6.91. The highest BCUT2D eigenvalue weighted by Gasteiger charge is 2.23. The Morgan fingerprint density at radius 2 is 1.72 bits per heavy atom. The highest BCUT2D eigenvalue weighted by atomic mass is 16.5. The van der Waals surface area contributed by atoms with Gasteiger partial charge >= 0.3 is 5.97 Å². The second-order valence-corrected chi connectivity index (χ2v) is 6.91. The maximum absolute atomic E-state index is 13.0. The Kier molecular flexibility index (Phi) is 5.53. The molecule has 2 aromatic carbocycles. The maximum atomic E-state index is 13.0. The van der Waals surface area contributed by atoms with Gasteiger partial charge in [-0.2, -0.15) is 0 Å². The second kappa shape index (κ2) is 8.41. The summed E-state index contributed by atoms with van der Waals surface area (Å²) in [7, 11) is 0. The molecule has 29 heavy (non-hydrogen) atoms. The van der Waals surface area contributed by atoms with E-state index in [9.17, 15) is 9.59 Å². The largest absolute Gasteiger partial charge is 0.452 e. The zero-order valence-electron chi connectivity index (χ0n) is 16.3. The van der Waals surface area contributed by atoms with Crippen molar-refractivity contribution < 1.29 is 19.1 Å². The minimum Gasteiger partial charge on any atom is -0.452 e. The molecule has 6 nitrogen and oxygen atoms in total. The number of fused-ring (bicyclic) bond motifs is 1. The molecule has 6 heteroatoms. The van der Waals surface area contributed by atoms with Crippen LogP contribution in [0.15, 0.2) is 54.6 Å². The van der Waals surface area contributed by atoms with Crippen molar-refractivity contribution in [1.82, 2.24) is 9.88 Å². The fourth-order valence-corrected chi connectivity index (χ4v) is 3.55. The molecule has 0 unspecified atom stereocenters. The number of benzene rings is 2. The normalized spacial score (nSPS) is 14.0. The zero-order chi connectivity index (χ0) is 20.2. The minimum absolute atomic E-state index is 0.207. The molecule has 4 rings (SSSR count). The molecule has 0 spiro atoms. The molecule has 2 heterocycles. The van der Waals surface area contributed by atoms with E-state index in [-0.39, 0.29) is 12.5 Å². The van der Waals surface area contributed by atoms with E-state index in [0.717, 1.165) is 16.8 Å². The fourth-order valence-electron chi connectivity index (χ4n) is 3.55. The lowest BCUT2D eigenvalue weighted by Crippen LogP contribution is -2.42. The Bertz CT molecular complexity index is 1040. The Morgan fingerprint density at radius 1 is 1.03 bits per heavy atom. The van der Waals surface area contributed by atoms with Gasteiger partial charge in [0.05, 0.1) is 30.0 Å². The quantitative estimate of drug-likeness (QED) is 0.640. The summed E-state index contributed by atoms with van der Waals surface area (Å²) in [5.41, 5.74) is 3.55.